The smallest absolute Gasteiger partial charge is 0.224 e. The van der Waals surface area contributed by atoms with Gasteiger partial charge in [-0.15, -0.1) is 11.3 Å². The number of rotatable bonds is 7. The number of thiazole rings is 1. The Labute approximate surface area is 176 Å². The fourth-order valence-electron chi connectivity index (χ4n) is 3.35. The zero-order chi connectivity index (χ0) is 20.5. The highest BCUT2D eigenvalue weighted by atomic mass is 32.1. The van der Waals surface area contributed by atoms with Gasteiger partial charge >= 0.3 is 0 Å². The monoisotopic (exact) mass is 414 g/mol. The summed E-state index contributed by atoms with van der Waals surface area (Å²) in [5.41, 5.74) is 2.32. The molecular weight excluding hydrogens is 384 g/mol. The maximum absolute atomic E-state index is 12.5. The Balaban J connectivity index is 1.32. The van der Waals surface area contributed by atoms with Gasteiger partial charge in [-0.3, -0.25) is 9.79 Å². The number of hydrogen-bond acceptors (Lipinski definition) is 5. The Morgan fingerprint density at radius 1 is 1.14 bits per heavy atom. The van der Waals surface area contributed by atoms with Crippen molar-refractivity contribution in [2.75, 3.05) is 51.2 Å². The summed E-state index contributed by atoms with van der Waals surface area (Å²) >= 11 is 1.67. The molecule has 1 fully saturated rings. The van der Waals surface area contributed by atoms with Crippen LogP contribution in [0.2, 0.25) is 0 Å². The van der Waals surface area contributed by atoms with Crippen LogP contribution in [0.1, 0.15) is 17.1 Å². The van der Waals surface area contributed by atoms with Crippen molar-refractivity contribution in [1.29, 1.82) is 0 Å². The van der Waals surface area contributed by atoms with E-state index in [1.807, 2.05) is 17.9 Å². The number of nitrogens with zero attached hydrogens (tertiary/aromatic N) is 4. The Hall–Kier alpha value is -2.61. The molecule has 0 radical (unpaired) electrons. The van der Waals surface area contributed by atoms with Crippen LogP contribution >= 0.6 is 11.3 Å². The molecule has 0 bridgehead atoms. The third-order valence-electron chi connectivity index (χ3n) is 4.95. The van der Waals surface area contributed by atoms with Crippen molar-refractivity contribution >= 4 is 28.9 Å². The molecule has 2 aromatic rings. The molecule has 29 heavy (non-hydrogen) atoms. The molecule has 1 aromatic heterocycles. The summed E-state index contributed by atoms with van der Waals surface area (Å²) in [5, 5.41) is 9.68. The van der Waals surface area contributed by atoms with Crippen molar-refractivity contribution in [3.05, 3.63) is 46.4 Å². The first-order valence-electron chi connectivity index (χ1n) is 10.1. The minimum atomic E-state index is 0.193. The van der Waals surface area contributed by atoms with Gasteiger partial charge in [0.05, 0.1) is 10.7 Å². The number of carbonyl (C=O) groups excluding carboxylic acids is 1. The molecule has 2 heterocycles. The maximum Gasteiger partial charge on any atom is 0.224 e. The number of guanidine groups is 1. The molecule has 7 nitrogen and oxygen atoms in total. The molecule has 1 saturated heterocycles. The highest BCUT2D eigenvalue weighted by molar-refractivity contribution is 7.09. The second kappa shape index (κ2) is 10.8. The Morgan fingerprint density at radius 2 is 1.86 bits per heavy atom. The first-order valence-corrected chi connectivity index (χ1v) is 11.0. The quantitative estimate of drug-likeness (QED) is 0.535. The number of nitrogens with one attached hydrogen (secondary N) is 2. The van der Waals surface area contributed by atoms with Gasteiger partial charge in [0.15, 0.2) is 5.96 Å². The van der Waals surface area contributed by atoms with E-state index in [4.69, 9.17) is 0 Å². The topological polar surface area (TPSA) is 72.9 Å². The molecule has 1 aliphatic heterocycles. The van der Waals surface area contributed by atoms with E-state index < -0.39 is 0 Å². The third-order valence-corrected chi connectivity index (χ3v) is 5.77. The predicted octanol–water partition coefficient (Wildman–Crippen LogP) is 1.90. The number of carbonyl (C=O) groups is 1. The van der Waals surface area contributed by atoms with E-state index in [1.165, 1.54) is 5.69 Å². The summed E-state index contributed by atoms with van der Waals surface area (Å²) in [4.78, 5) is 25.5. The van der Waals surface area contributed by atoms with Gasteiger partial charge in [-0.25, -0.2) is 4.98 Å². The lowest BCUT2D eigenvalue weighted by Crippen LogP contribution is -2.49. The molecule has 1 aliphatic rings. The molecule has 3 rings (SSSR count). The van der Waals surface area contributed by atoms with Crippen molar-refractivity contribution in [2.45, 2.75) is 19.8 Å². The molecule has 0 unspecified atom stereocenters. The van der Waals surface area contributed by atoms with Crippen LogP contribution in [0.15, 0.2) is 40.7 Å². The summed E-state index contributed by atoms with van der Waals surface area (Å²) in [6.07, 6.45) is 1.33. The van der Waals surface area contributed by atoms with E-state index in [0.717, 1.165) is 55.8 Å². The zero-order valence-corrected chi connectivity index (χ0v) is 18.0. The van der Waals surface area contributed by atoms with Crippen LogP contribution in [0, 0.1) is 6.92 Å². The third kappa shape index (κ3) is 6.45. The maximum atomic E-state index is 12.5. The van der Waals surface area contributed by atoms with Gasteiger partial charge in [-0.1, -0.05) is 18.2 Å². The molecule has 0 saturated carbocycles. The van der Waals surface area contributed by atoms with Gasteiger partial charge < -0.3 is 20.4 Å². The largest absolute Gasteiger partial charge is 0.368 e. The van der Waals surface area contributed by atoms with E-state index in [-0.39, 0.29) is 5.91 Å². The Kier molecular flexibility index (Phi) is 7.86. The minimum absolute atomic E-state index is 0.193. The molecule has 1 aromatic carbocycles. The first kappa shape index (κ1) is 21.1. The van der Waals surface area contributed by atoms with E-state index in [2.05, 4.69) is 55.2 Å². The average Bonchev–Trinajstić information content (AvgIpc) is 3.18. The second-order valence-corrected chi connectivity index (χ2v) is 8.05. The highest BCUT2D eigenvalue weighted by Gasteiger charge is 2.20. The molecule has 0 spiro atoms. The van der Waals surface area contributed by atoms with Gasteiger partial charge in [-0.05, 0) is 19.1 Å². The van der Waals surface area contributed by atoms with Crippen LogP contribution in [0.25, 0.3) is 0 Å². The van der Waals surface area contributed by atoms with Crippen LogP contribution in [-0.4, -0.2) is 68.1 Å². The molecule has 0 aliphatic carbocycles. The number of piperazine rings is 1. The van der Waals surface area contributed by atoms with Crippen molar-refractivity contribution in [3.8, 4) is 0 Å². The number of benzene rings is 1. The summed E-state index contributed by atoms with van der Waals surface area (Å²) in [5.74, 6) is 0.914. The minimum Gasteiger partial charge on any atom is -0.368 e. The number of aryl methyl sites for hydroxylation is 1. The predicted molar refractivity (Wildman–Crippen MR) is 120 cm³/mol. The number of anilines is 1. The summed E-state index contributed by atoms with van der Waals surface area (Å²) in [6, 6.07) is 10.4. The lowest BCUT2D eigenvalue weighted by Gasteiger charge is -2.36. The normalized spacial score (nSPS) is 14.8. The lowest BCUT2D eigenvalue weighted by molar-refractivity contribution is -0.131. The highest BCUT2D eigenvalue weighted by Crippen LogP contribution is 2.15. The average molecular weight is 415 g/mol. The fraction of sp³-hybridized carbons (Fsp3) is 0.476. The van der Waals surface area contributed by atoms with Crippen LogP contribution in [0.5, 0.6) is 0 Å². The molecule has 2 N–H and O–H groups in total. The van der Waals surface area contributed by atoms with Crippen LogP contribution in [-0.2, 0) is 11.2 Å². The van der Waals surface area contributed by atoms with Crippen molar-refractivity contribution < 1.29 is 4.79 Å². The molecule has 0 atom stereocenters. The summed E-state index contributed by atoms with van der Waals surface area (Å²) in [6.45, 7) is 6.65. The number of para-hydroxylation sites is 1. The van der Waals surface area contributed by atoms with E-state index in [1.54, 1.807) is 18.4 Å². The number of amides is 1. The van der Waals surface area contributed by atoms with Crippen molar-refractivity contribution in [3.63, 3.8) is 0 Å². The number of aliphatic imine (C=N–C) groups is 1. The molecule has 1 amide bonds. The van der Waals surface area contributed by atoms with Crippen molar-refractivity contribution in [1.82, 2.24) is 20.5 Å². The van der Waals surface area contributed by atoms with Crippen LogP contribution in [0.3, 0.4) is 0 Å². The fourth-order valence-corrected chi connectivity index (χ4v) is 4.00. The zero-order valence-electron chi connectivity index (χ0n) is 17.2. The van der Waals surface area contributed by atoms with Crippen LogP contribution < -0.4 is 15.5 Å². The second-order valence-electron chi connectivity index (χ2n) is 6.99. The Morgan fingerprint density at radius 3 is 2.52 bits per heavy atom. The standard InChI is InChI=1S/C21H30N6OS/c1-17-25-18(16-29-17)8-10-23-21(22-2)24-11-9-20(28)27-14-12-26(13-15-27)19-6-4-3-5-7-19/h3-7,16H,8-15H2,1-2H3,(H2,22,23,24). The van der Waals surface area contributed by atoms with Gasteiger partial charge in [0.25, 0.3) is 0 Å². The molecule has 156 valence electrons. The van der Waals surface area contributed by atoms with Gasteiger partial charge in [0, 0.05) is 70.2 Å². The summed E-state index contributed by atoms with van der Waals surface area (Å²) < 4.78 is 0. The number of hydrogen-bond donors (Lipinski definition) is 2. The first-order chi connectivity index (χ1) is 14.2. The van der Waals surface area contributed by atoms with Gasteiger partial charge in [0.1, 0.15) is 0 Å². The van der Waals surface area contributed by atoms with Gasteiger partial charge in [0.2, 0.25) is 5.91 Å². The van der Waals surface area contributed by atoms with Crippen molar-refractivity contribution in [2.24, 2.45) is 4.99 Å². The summed E-state index contributed by atoms with van der Waals surface area (Å²) in [7, 11) is 1.74. The SMILES string of the molecule is CN=C(NCCC(=O)N1CCN(c2ccccc2)CC1)NCCc1csc(C)n1. The van der Waals surface area contributed by atoms with Crippen LogP contribution in [0.4, 0.5) is 5.69 Å². The number of aromatic nitrogens is 1. The lowest BCUT2D eigenvalue weighted by atomic mass is 10.2. The van der Waals surface area contributed by atoms with Gasteiger partial charge in [-0.2, -0.15) is 0 Å². The van der Waals surface area contributed by atoms with E-state index in [9.17, 15) is 4.79 Å². The molecular formula is C21H30N6OS. The Bertz CT molecular complexity index is 799. The molecule has 8 heteroatoms. The van der Waals surface area contributed by atoms with E-state index in [0.29, 0.717) is 13.0 Å². The van der Waals surface area contributed by atoms with E-state index >= 15 is 0 Å².